The average molecular weight is 260 g/mol. The van der Waals surface area contributed by atoms with Gasteiger partial charge in [0.25, 0.3) is 0 Å². The van der Waals surface area contributed by atoms with Crippen LogP contribution >= 0.6 is 0 Å². The number of hydrogen-bond acceptors (Lipinski definition) is 1. The highest BCUT2D eigenvalue weighted by Crippen LogP contribution is 2.23. The minimum Gasteiger partial charge on any atom is -0.335 e. The number of urea groups is 1. The molecule has 0 spiro atoms. The van der Waals surface area contributed by atoms with E-state index >= 15 is 0 Å². The number of anilines is 1. The summed E-state index contributed by atoms with van der Waals surface area (Å²) in [5.41, 5.74) is 2.14. The topological polar surface area (TPSA) is 41.1 Å². The lowest BCUT2D eigenvalue weighted by molar-refractivity contribution is 0.232. The molecule has 0 saturated heterocycles. The molecule has 2 amide bonds. The van der Waals surface area contributed by atoms with Crippen LogP contribution in [0.1, 0.15) is 45.1 Å². The van der Waals surface area contributed by atoms with Gasteiger partial charge < -0.3 is 10.6 Å². The number of carbonyl (C=O) groups is 1. The van der Waals surface area contributed by atoms with Gasteiger partial charge in [-0.2, -0.15) is 0 Å². The van der Waals surface area contributed by atoms with Crippen LogP contribution < -0.4 is 10.6 Å². The van der Waals surface area contributed by atoms with Gasteiger partial charge in [0.05, 0.1) is 0 Å². The Bertz CT molecular complexity index is 413. The van der Waals surface area contributed by atoms with E-state index in [0.29, 0.717) is 12.0 Å². The molecule has 1 fully saturated rings. The summed E-state index contributed by atoms with van der Waals surface area (Å²) in [7, 11) is 0. The third-order valence-corrected chi connectivity index (χ3v) is 4.05. The van der Waals surface area contributed by atoms with Crippen LogP contribution in [0, 0.1) is 5.92 Å². The Morgan fingerprint density at radius 1 is 1.21 bits per heavy atom. The maximum atomic E-state index is 12.0. The van der Waals surface area contributed by atoms with E-state index in [1.165, 1.54) is 24.8 Å². The molecule has 0 heterocycles. The predicted octanol–water partition coefficient (Wildman–Crippen LogP) is 3.95. The van der Waals surface area contributed by atoms with E-state index in [1.807, 2.05) is 12.1 Å². The Hall–Kier alpha value is -1.51. The van der Waals surface area contributed by atoms with Crippen molar-refractivity contribution in [1.29, 1.82) is 0 Å². The number of nitrogens with one attached hydrogen (secondary N) is 2. The normalized spacial score (nSPS) is 22.8. The Kier molecular flexibility index (Phi) is 4.83. The lowest BCUT2D eigenvalue weighted by atomic mass is 9.86. The lowest BCUT2D eigenvalue weighted by Crippen LogP contribution is -2.43. The molecule has 1 aromatic carbocycles. The SMILES string of the molecule is CCc1ccc(NC(=O)NC2CCCCC2C)cc1. The summed E-state index contributed by atoms with van der Waals surface area (Å²) < 4.78 is 0. The molecule has 2 atom stereocenters. The highest BCUT2D eigenvalue weighted by atomic mass is 16.2. The van der Waals surface area contributed by atoms with Gasteiger partial charge in [-0.05, 0) is 42.9 Å². The third-order valence-electron chi connectivity index (χ3n) is 4.05. The van der Waals surface area contributed by atoms with Crippen molar-refractivity contribution in [3.8, 4) is 0 Å². The predicted molar refractivity (Wildman–Crippen MR) is 79.4 cm³/mol. The average Bonchev–Trinajstić information content (AvgIpc) is 2.42. The summed E-state index contributed by atoms with van der Waals surface area (Å²) in [6, 6.07) is 8.27. The molecule has 0 aliphatic heterocycles. The zero-order valence-corrected chi connectivity index (χ0v) is 11.9. The molecule has 1 aliphatic carbocycles. The molecule has 0 bridgehead atoms. The molecule has 1 aliphatic rings. The molecule has 3 heteroatoms. The molecule has 104 valence electrons. The minimum atomic E-state index is -0.0806. The van der Waals surface area contributed by atoms with Crippen LogP contribution in [0.15, 0.2) is 24.3 Å². The van der Waals surface area contributed by atoms with Gasteiger partial charge in [0, 0.05) is 11.7 Å². The van der Waals surface area contributed by atoms with Crippen LogP contribution in [0.3, 0.4) is 0 Å². The molecule has 19 heavy (non-hydrogen) atoms. The second kappa shape index (κ2) is 6.60. The molecule has 1 aromatic rings. The standard InChI is InChI=1S/C16H24N2O/c1-3-13-8-10-14(11-9-13)17-16(19)18-15-7-5-4-6-12(15)2/h8-12,15H,3-7H2,1-2H3,(H2,17,18,19). The van der Waals surface area contributed by atoms with Gasteiger partial charge in [0.2, 0.25) is 0 Å². The number of aryl methyl sites for hydroxylation is 1. The fraction of sp³-hybridized carbons (Fsp3) is 0.562. The first-order chi connectivity index (χ1) is 9.19. The van der Waals surface area contributed by atoms with Gasteiger partial charge in [-0.25, -0.2) is 4.79 Å². The second-order valence-electron chi connectivity index (χ2n) is 5.52. The van der Waals surface area contributed by atoms with Crippen molar-refractivity contribution in [2.45, 2.75) is 52.0 Å². The fourth-order valence-electron chi connectivity index (χ4n) is 2.69. The van der Waals surface area contributed by atoms with Crippen molar-refractivity contribution < 1.29 is 4.79 Å². The monoisotopic (exact) mass is 260 g/mol. The number of benzene rings is 1. The first-order valence-electron chi connectivity index (χ1n) is 7.35. The Morgan fingerprint density at radius 2 is 1.89 bits per heavy atom. The first-order valence-corrected chi connectivity index (χ1v) is 7.35. The summed E-state index contributed by atoms with van der Waals surface area (Å²) in [5, 5.41) is 6.01. The second-order valence-corrected chi connectivity index (χ2v) is 5.52. The zero-order chi connectivity index (χ0) is 13.7. The summed E-state index contributed by atoms with van der Waals surface area (Å²) in [5.74, 6) is 0.585. The van der Waals surface area contributed by atoms with Crippen molar-refractivity contribution in [1.82, 2.24) is 5.32 Å². The largest absolute Gasteiger partial charge is 0.335 e. The van der Waals surface area contributed by atoms with Crippen molar-refractivity contribution in [2.75, 3.05) is 5.32 Å². The van der Waals surface area contributed by atoms with E-state index in [0.717, 1.165) is 18.5 Å². The van der Waals surface area contributed by atoms with Gasteiger partial charge in [-0.1, -0.05) is 38.8 Å². The number of amides is 2. The van der Waals surface area contributed by atoms with Crippen LogP contribution in [0.5, 0.6) is 0 Å². The van der Waals surface area contributed by atoms with Crippen molar-refractivity contribution >= 4 is 11.7 Å². The van der Waals surface area contributed by atoms with E-state index in [4.69, 9.17) is 0 Å². The van der Waals surface area contributed by atoms with E-state index in [-0.39, 0.29) is 6.03 Å². The van der Waals surface area contributed by atoms with Gasteiger partial charge in [0.1, 0.15) is 0 Å². The van der Waals surface area contributed by atoms with Crippen molar-refractivity contribution in [3.63, 3.8) is 0 Å². The molecule has 1 saturated carbocycles. The highest BCUT2D eigenvalue weighted by molar-refractivity contribution is 5.89. The van der Waals surface area contributed by atoms with E-state index < -0.39 is 0 Å². The maximum Gasteiger partial charge on any atom is 0.319 e. The minimum absolute atomic E-state index is 0.0806. The highest BCUT2D eigenvalue weighted by Gasteiger charge is 2.22. The number of hydrogen-bond donors (Lipinski definition) is 2. The quantitative estimate of drug-likeness (QED) is 0.849. The summed E-state index contributed by atoms with van der Waals surface area (Å²) in [6.07, 6.45) is 5.85. The van der Waals surface area contributed by atoms with Crippen LogP contribution in [-0.2, 0) is 6.42 Å². The molecule has 3 nitrogen and oxygen atoms in total. The van der Waals surface area contributed by atoms with Crippen LogP contribution in [0.25, 0.3) is 0 Å². The zero-order valence-electron chi connectivity index (χ0n) is 11.9. The molecular weight excluding hydrogens is 236 g/mol. The summed E-state index contributed by atoms with van der Waals surface area (Å²) in [6.45, 7) is 4.35. The smallest absolute Gasteiger partial charge is 0.319 e. The van der Waals surface area contributed by atoms with Crippen LogP contribution in [0.2, 0.25) is 0 Å². The van der Waals surface area contributed by atoms with Crippen LogP contribution in [0.4, 0.5) is 10.5 Å². The van der Waals surface area contributed by atoms with E-state index in [1.54, 1.807) is 0 Å². The van der Waals surface area contributed by atoms with Crippen molar-refractivity contribution in [2.24, 2.45) is 5.92 Å². The summed E-state index contributed by atoms with van der Waals surface area (Å²) in [4.78, 5) is 12.0. The molecule has 2 unspecified atom stereocenters. The molecule has 0 radical (unpaired) electrons. The van der Waals surface area contributed by atoms with Gasteiger partial charge in [-0.3, -0.25) is 0 Å². The number of carbonyl (C=O) groups excluding carboxylic acids is 1. The van der Waals surface area contributed by atoms with E-state index in [2.05, 4.69) is 36.6 Å². The fourth-order valence-corrected chi connectivity index (χ4v) is 2.69. The third kappa shape index (κ3) is 3.98. The van der Waals surface area contributed by atoms with Crippen molar-refractivity contribution in [3.05, 3.63) is 29.8 Å². The van der Waals surface area contributed by atoms with Gasteiger partial charge in [-0.15, -0.1) is 0 Å². The lowest BCUT2D eigenvalue weighted by Gasteiger charge is -2.29. The maximum absolute atomic E-state index is 12.0. The Labute approximate surface area is 115 Å². The van der Waals surface area contributed by atoms with Crippen LogP contribution in [-0.4, -0.2) is 12.1 Å². The van der Waals surface area contributed by atoms with E-state index in [9.17, 15) is 4.79 Å². The Balaban J connectivity index is 1.86. The number of rotatable bonds is 3. The molecule has 2 N–H and O–H groups in total. The van der Waals surface area contributed by atoms with Gasteiger partial charge >= 0.3 is 6.03 Å². The molecule has 2 rings (SSSR count). The molecule has 0 aromatic heterocycles. The molecular formula is C16H24N2O. The Morgan fingerprint density at radius 3 is 2.53 bits per heavy atom. The van der Waals surface area contributed by atoms with Gasteiger partial charge in [0.15, 0.2) is 0 Å². The first kappa shape index (κ1) is 13.9. The summed E-state index contributed by atoms with van der Waals surface area (Å²) >= 11 is 0.